The van der Waals surface area contributed by atoms with Crippen LogP contribution in [0.3, 0.4) is 0 Å². The summed E-state index contributed by atoms with van der Waals surface area (Å²) in [5.74, 6) is -4.06. The molecule has 182 valence electrons. The quantitative estimate of drug-likeness (QED) is 0.0936. The van der Waals surface area contributed by atoms with E-state index < -0.39 is 57.4 Å². The minimum Gasteiger partial charge on any atom is -0.292 e. The van der Waals surface area contributed by atoms with Gasteiger partial charge in [0.1, 0.15) is 12.1 Å². The van der Waals surface area contributed by atoms with Gasteiger partial charge in [-0.25, -0.2) is 5.01 Å². The molecule has 13 heteroatoms. The molecule has 0 N–H and O–H groups in total. The van der Waals surface area contributed by atoms with Gasteiger partial charge in [-0.2, -0.15) is 5.01 Å². The number of halogens is 4. The lowest BCUT2D eigenvalue weighted by molar-refractivity contribution is -0.385. The first kappa shape index (κ1) is 25.6. The molecule has 0 spiro atoms. The number of carbonyl (C=O) groups excluding carboxylic acids is 4. The van der Waals surface area contributed by atoms with Crippen molar-refractivity contribution in [3.05, 3.63) is 107 Å². The molecule has 3 aromatic rings. The molecular formula is C23H11Cl4N3O6. The number of hydrazine groups is 1. The van der Waals surface area contributed by atoms with Crippen molar-refractivity contribution in [1.82, 2.24) is 10.0 Å². The normalized spacial score (nSPS) is 12.5. The van der Waals surface area contributed by atoms with Crippen LogP contribution in [-0.4, -0.2) is 45.0 Å². The summed E-state index contributed by atoms with van der Waals surface area (Å²) in [6.45, 7) is -0.822. The minimum absolute atomic E-state index is 0.164. The summed E-state index contributed by atoms with van der Waals surface area (Å²) >= 11 is 24.4. The molecule has 0 saturated carbocycles. The van der Waals surface area contributed by atoms with Crippen LogP contribution in [0.2, 0.25) is 20.1 Å². The minimum atomic E-state index is -1.16. The highest BCUT2D eigenvalue weighted by Crippen LogP contribution is 2.45. The maximum atomic E-state index is 13.6. The number of hydrogen-bond donors (Lipinski definition) is 0. The van der Waals surface area contributed by atoms with Crippen molar-refractivity contribution in [3.8, 4) is 0 Å². The van der Waals surface area contributed by atoms with E-state index in [-0.39, 0.29) is 25.7 Å². The Hall–Kier alpha value is -3.50. The highest BCUT2D eigenvalue weighted by Gasteiger charge is 2.47. The molecular weight excluding hydrogens is 556 g/mol. The standard InChI is InChI=1S/C23H11Cl4N3O6/c24-17-15-16(18(25)20(27)19(17)26)23(34)29(22(15)33)28(10-14(31)11-6-2-1-3-7-11)21(32)12-8-4-5-9-13(12)30(35)36/h1-9H,10H2. The summed E-state index contributed by atoms with van der Waals surface area (Å²) in [7, 11) is 0. The van der Waals surface area contributed by atoms with Gasteiger partial charge in [0.15, 0.2) is 5.78 Å². The van der Waals surface area contributed by atoms with E-state index in [0.29, 0.717) is 10.0 Å². The Kier molecular flexibility index (Phi) is 7.01. The fraction of sp³-hybridized carbons (Fsp3) is 0.0435. The second-order valence-corrected chi connectivity index (χ2v) is 8.87. The van der Waals surface area contributed by atoms with E-state index in [4.69, 9.17) is 46.4 Å². The van der Waals surface area contributed by atoms with E-state index >= 15 is 0 Å². The highest BCUT2D eigenvalue weighted by molar-refractivity contribution is 6.55. The lowest BCUT2D eigenvalue weighted by Crippen LogP contribution is -2.51. The lowest BCUT2D eigenvalue weighted by atomic mass is 10.1. The molecule has 3 amide bonds. The van der Waals surface area contributed by atoms with Crippen LogP contribution in [-0.2, 0) is 0 Å². The summed E-state index contributed by atoms with van der Waals surface area (Å²) in [5, 5.41) is 11.1. The Labute approximate surface area is 222 Å². The molecule has 0 fully saturated rings. The molecule has 0 aromatic heterocycles. The number of nitro groups is 1. The summed E-state index contributed by atoms with van der Waals surface area (Å²) in [6.07, 6.45) is 0. The van der Waals surface area contributed by atoms with Crippen LogP contribution in [0.5, 0.6) is 0 Å². The molecule has 0 aliphatic carbocycles. The molecule has 0 bridgehead atoms. The fourth-order valence-electron chi connectivity index (χ4n) is 3.59. The zero-order chi connectivity index (χ0) is 26.3. The fourth-order valence-corrected chi connectivity index (χ4v) is 4.61. The Morgan fingerprint density at radius 1 is 0.806 bits per heavy atom. The number of carbonyl (C=O) groups is 4. The van der Waals surface area contributed by atoms with E-state index in [0.717, 1.165) is 12.1 Å². The third kappa shape index (κ3) is 4.20. The third-order valence-electron chi connectivity index (χ3n) is 5.28. The Morgan fingerprint density at radius 2 is 1.31 bits per heavy atom. The first-order valence-corrected chi connectivity index (χ1v) is 11.5. The molecule has 1 aliphatic heterocycles. The van der Waals surface area contributed by atoms with Gasteiger partial charge in [0.25, 0.3) is 23.4 Å². The van der Waals surface area contributed by atoms with Gasteiger partial charge in [0.2, 0.25) is 0 Å². The van der Waals surface area contributed by atoms with E-state index in [2.05, 4.69) is 0 Å². The molecule has 0 atom stereocenters. The summed E-state index contributed by atoms with van der Waals surface area (Å²) in [6, 6.07) is 12.6. The van der Waals surface area contributed by atoms with Gasteiger partial charge >= 0.3 is 0 Å². The number of fused-ring (bicyclic) bond motifs is 1. The van der Waals surface area contributed by atoms with Crippen LogP contribution in [0.1, 0.15) is 41.4 Å². The largest absolute Gasteiger partial charge is 0.292 e. The molecule has 3 aromatic carbocycles. The number of Topliss-reactive ketones (excluding diaryl/α,β-unsaturated/α-hetero) is 1. The SMILES string of the molecule is O=C(CN(C(=O)c1ccccc1[N+](=O)[O-])N1C(=O)c2c(Cl)c(Cl)c(Cl)c(Cl)c2C1=O)c1ccccc1. The van der Waals surface area contributed by atoms with Gasteiger partial charge in [-0.3, -0.25) is 29.3 Å². The van der Waals surface area contributed by atoms with Crippen molar-refractivity contribution < 1.29 is 24.1 Å². The van der Waals surface area contributed by atoms with Crippen LogP contribution >= 0.6 is 46.4 Å². The van der Waals surface area contributed by atoms with Gasteiger partial charge in [-0.15, -0.1) is 0 Å². The molecule has 1 heterocycles. The molecule has 9 nitrogen and oxygen atoms in total. The summed E-state index contributed by atoms with van der Waals surface area (Å²) in [4.78, 5) is 64.1. The topological polar surface area (TPSA) is 118 Å². The molecule has 4 rings (SSSR count). The number of hydrogen-bond acceptors (Lipinski definition) is 6. The van der Waals surface area contributed by atoms with Crippen molar-refractivity contribution in [3.63, 3.8) is 0 Å². The zero-order valence-electron chi connectivity index (χ0n) is 17.7. The number of para-hydroxylation sites is 1. The van der Waals surface area contributed by atoms with E-state index in [1.165, 1.54) is 24.3 Å². The summed E-state index contributed by atoms with van der Waals surface area (Å²) in [5.41, 5.74) is -1.75. The van der Waals surface area contributed by atoms with Gasteiger partial charge in [0.05, 0.1) is 36.1 Å². The molecule has 1 aliphatic rings. The van der Waals surface area contributed by atoms with Crippen LogP contribution in [0, 0.1) is 10.1 Å². The summed E-state index contributed by atoms with van der Waals surface area (Å²) < 4.78 is 0. The van der Waals surface area contributed by atoms with Crippen molar-refractivity contribution in [2.24, 2.45) is 0 Å². The number of benzene rings is 3. The van der Waals surface area contributed by atoms with Crippen LogP contribution in [0.15, 0.2) is 54.6 Å². The third-order valence-corrected chi connectivity index (χ3v) is 7.08. The second-order valence-electron chi connectivity index (χ2n) is 7.35. The lowest BCUT2D eigenvalue weighted by Gasteiger charge is -2.29. The van der Waals surface area contributed by atoms with Crippen molar-refractivity contribution in [1.29, 1.82) is 0 Å². The Morgan fingerprint density at radius 3 is 1.83 bits per heavy atom. The van der Waals surface area contributed by atoms with Crippen molar-refractivity contribution >= 4 is 75.6 Å². The number of nitrogens with zero attached hydrogens (tertiary/aromatic N) is 3. The average molecular weight is 567 g/mol. The molecule has 0 radical (unpaired) electrons. The first-order valence-electron chi connectivity index (χ1n) is 9.94. The Balaban J connectivity index is 1.87. The van der Waals surface area contributed by atoms with Gasteiger partial charge in [-0.05, 0) is 6.07 Å². The molecule has 0 unspecified atom stereocenters. The van der Waals surface area contributed by atoms with E-state index in [9.17, 15) is 29.3 Å². The second kappa shape index (κ2) is 9.87. The van der Waals surface area contributed by atoms with Crippen LogP contribution in [0.4, 0.5) is 5.69 Å². The van der Waals surface area contributed by atoms with Gasteiger partial charge < -0.3 is 0 Å². The van der Waals surface area contributed by atoms with Gasteiger partial charge in [-0.1, -0.05) is 88.9 Å². The highest BCUT2D eigenvalue weighted by atomic mass is 35.5. The number of rotatable bonds is 6. The smallest absolute Gasteiger partial charge is 0.282 e. The number of nitro benzene ring substituents is 1. The van der Waals surface area contributed by atoms with Gasteiger partial charge in [0, 0.05) is 11.6 Å². The Bertz CT molecular complexity index is 1430. The van der Waals surface area contributed by atoms with Crippen LogP contribution < -0.4 is 0 Å². The number of ketones is 1. The molecule has 0 saturated heterocycles. The maximum Gasteiger partial charge on any atom is 0.282 e. The van der Waals surface area contributed by atoms with Crippen molar-refractivity contribution in [2.45, 2.75) is 0 Å². The first-order chi connectivity index (χ1) is 17.1. The number of amides is 3. The molecule has 36 heavy (non-hydrogen) atoms. The average Bonchev–Trinajstić information content (AvgIpc) is 3.14. The van der Waals surface area contributed by atoms with Crippen molar-refractivity contribution in [2.75, 3.05) is 6.54 Å². The van der Waals surface area contributed by atoms with E-state index in [1.54, 1.807) is 18.2 Å². The number of imide groups is 1. The zero-order valence-corrected chi connectivity index (χ0v) is 20.7. The maximum absolute atomic E-state index is 13.6. The predicted molar refractivity (Wildman–Crippen MR) is 132 cm³/mol. The monoisotopic (exact) mass is 565 g/mol. The predicted octanol–water partition coefficient (Wildman–Crippen LogP) is 5.74. The van der Waals surface area contributed by atoms with Crippen LogP contribution in [0.25, 0.3) is 0 Å². The van der Waals surface area contributed by atoms with E-state index in [1.807, 2.05) is 0 Å².